The molecule has 0 radical (unpaired) electrons. The zero-order chi connectivity index (χ0) is 45.7. The van der Waals surface area contributed by atoms with Crippen LogP contribution < -0.4 is 4.90 Å². The van der Waals surface area contributed by atoms with Gasteiger partial charge < -0.3 is 13.9 Å². The largest absolute Gasteiger partial charge is 0.455 e. The number of hydrogen-bond donors (Lipinski definition) is 0. The van der Waals surface area contributed by atoms with Crippen molar-refractivity contribution >= 4 is 60.8 Å². The van der Waals surface area contributed by atoms with Gasteiger partial charge in [-0.15, -0.1) is 0 Å². The normalized spacial score (nSPS) is 11.5. The minimum atomic E-state index is 0.874. The molecule has 2 heterocycles. The number of hydrogen-bond acceptors (Lipinski definition) is 2. The third-order valence-corrected chi connectivity index (χ3v) is 13.6. The molecule has 13 aromatic rings. The predicted octanol–water partition coefficient (Wildman–Crippen LogP) is 18.5. The van der Waals surface area contributed by atoms with Crippen molar-refractivity contribution in [2.24, 2.45) is 0 Å². The summed E-state index contributed by atoms with van der Waals surface area (Å²) in [4.78, 5) is 2.35. The fourth-order valence-electron chi connectivity index (χ4n) is 10.3. The first kappa shape index (κ1) is 40.1. The van der Waals surface area contributed by atoms with Gasteiger partial charge in [-0.2, -0.15) is 0 Å². The summed E-state index contributed by atoms with van der Waals surface area (Å²) in [5.74, 6) is 0. The predicted molar refractivity (Wildman–Crippen MR) is 290 cm³/mol. The maximum Gasteiger partial charge on any atom is 0.143 e. The van der Waals surface area contributed by atoms with Crippen LogP contribution in [0.1, 0.15) is 0 Å². The van der Waals surface area contributed by atoms with Crippen LogP contribution >= 0.6 is 0 Å². The van der Waals surface area contributed by atoms with Crippen molar-refractivity contribution in [3.63, 3.8) is 0 Å². The minimum absolute atomic E-state index is 0.874. The van der Waals surface area contributed by atoms with E-state index in [9.17, 15) is 0 Å². The van der Waals surface area contributed by atoms with E-state index in [1.807, 2.05) is 0 Å². The lowest BCUT2D eigenvalue weighted by Crippen LogP contribution is -2.09. The van der Waals surface area contributed by atoms with Crippen LogP contribution in [0.25, 0.3) is 105 Å². The number of rotatable bonds is 9. The van der Waals surface area contributed by atoms with E-state index in [0.29, 0.717) is 0 Å². The van der Waals surface area contributed by atoms with Gasteiger partial charge in [0.15, 0.2) is 0 Å². The van der Waals surface area contributed by atoms with Crippen LogP contribution in [-0.2, 0) is 0 Å². The maximum absolute atomic E-state index is 6.79. The Morgan fingerprint density at radius 3 is 1.28 bits per heavy atom. The van der Waals surface area contributed by atoms with Gasteiger partial charge in [-0.3, -0.25) is 0 Å². The quantitative estimate of drug-likeness (QED) is 0.144. The molecule has 0 amide bonds. The number of furan rings is 1. The number of nitrogens with zero attached hydrogens (tertiary/aromatic N) is 2. The molecule has 0 unspecified atom stereocenters. The number of fused-ring (bicyclic) bond motifs is 6. The van der Waals surface area contributed by atoms with Gasteiger partial charge in [0.1, 0.15) is 11.2 Å². The van der Waals surface area contributed by atoms with Gasteiger partial charge in [-0.25, -0.2) is 0 Å². The van der Waals surface area contributed by atoms with Crippen LogP contribution in [0.15, 0.2) is 271 Å². The third-order valence-electron chi connectivity index (χ3n) is 13.6. The highest BCUT2D eigenvalue weighted by atomic mass is 16.3. The molecule has 0 fully saturated rings. The van der Waals surface area contributed by atoms with Crippen molar-refractivity contribution in [2.75, 3.05) is 4.90 Å². The molecule has 0 aliphatic heterocycles. The molecule has 0 aliphatic rings. The van der Waals surface area contributed by atoms with E-state index in [-0.39, 0.29) is 0 Å². The summed E-state index contributed by atoms with van der Waals surface area (Å²) in [5.41, 5.74) is 20.0. The first-order valence-corrected chi connectivity index (χ1v) is 23.6. The molecule has 3 nitrogen and oxygen atoms in total. The lowest BCUT2D eigenvalue weighted by atomic mass is 9.95. The van der Waals surface area contributed by atoms with Gasteiger partial charge in [-0.1, -0.05) is 188 Å². The summed E-state index contributed by atoms with van der Waals surface area (Å²) in [5, 5.41) is 4.71. The van der Waals surface area contributed by atoms with Gasteiger partial charge in [0.05, 0.1) is 16.7 Å². The summed E-state index contributed by atoms with van der Waals surface area (Å²) < 4.78 is 9.20. The molecule has 0 N–H and O–H groups in total. The monoisotopic (exact) mass is 880 g/mol. The summed E-state index contributed by atoms with van der Waals surface area (Å²) >= 11 is 0. The Balaban J connectivity index is 0.920. The number of anilines is 3. The maximum atomic E-state index is 6.79. The van der Waals surface area contributed by atoms with E-state index >= 15 is 0 Å². The summed E-state index contributed by atoms with van der Waals surface area (Å²) in [7, 11) is 0. The van der Waals surface area contributed by atoms with Gasteiger partial charge in [0, 0.05) is 49.7 Å². The smallest absolute Gasteiger partial charge is 0.143 e. The molecule has 69 heavy (non-hydrogen) atoms. The minimum Gasteiger partial charge on any atom is -0.455 e. The van der Waals surface area contributed by atoms with E-state index < -0.39 is 0 Å². The molecule has 0 aliphatic carbocycles. The third kappa shape index (κ3) is 7.16. The highest BCUT2D eigenvalue weighted by molar-refractivity contribution is 6.13. The van der Waals surface area contributed by atoms with E-state index in [1.54, 1.807) is 0 Å². The van der Waals surface area contributed by atoms with Gasteiger partial charge in [0.2, 0.25) is 0 Å². The molecular formula is C66H44N2O. The Hall–Kier alpha value is -9.18. The molecular weight excluding hydrogens is 837 g/mol. The SMILES string of the molecule is c1ccc(-c2ccc(N(c3ccc(-c4ccccc4-n4c5ccccc5c5ccccc54)cc3)c3ccc(-c4cc(-c5ccccc5)cc5c4oc4ccc(-c6ccccc6)cc45)cc3)cc2)cc1. The lowest BCUT2D eigenvalue weighted by Gasteiger charge is -2.26. The Morgan fingerprint density at radius 1 is 0.275 bits per heavy atom. The second kappa shape index (κ2) is 16.9. The van der Waals surface area contributed by atoms with Crippen molar-refractivity contribution in [1.82, 2.24) is 4.57 Å². The highest BCUT2D eigenvalue weighted by Crippen LogP contribution is 2.44. The van der Waals surface area contributed by atoms with Crippen LogP contribution in [0.3, 0.4) is 0 Å². The Kier molecular flexibility index (Phi) is 9.84. The Morgan fingerprint density at radius 2 is 0.696 bits per heavy atom. The fourth-order valence-corrected chi connectivity index (χ4v) is 10.3. The van der Waals surface area contributed by atoms with Crippen molar-refractivity contribution in [2.45, 2.75) is 0 Å². The molecule has 11 aromatic carbocycles. The van der Waals surface area contributed by atoms with Gasteiger partial charge >= 0.3 is 0 Å². The van der Waals surface area contributed by atoms with Crippen LogP contribution in [-0.4, -0.2) is 4.57 Å². The average molecular weight is 881 g/mol. The average Bonchev–Trinajstić information content (AvgIpc) is 3.97. The number of benzene rings is 11. The molecule has 0 spiro atoms. The van der Waals surface area contributed by atoms with Crippen molar-refractivity contribution in [3.05, 3.63) is 267 Å². The van der Waals surface area contributed by atoms with E-state index in [4.69, 9.17) is 4.42 Å². The molecule has 3 heteroatoms. The van der Waals surface area contributed by atoms with E-state index in [2.05, 4.69) is 276 Å². The van der Waals surface area contributed by atoms with Crippen LogP contribution in [0, 0.1) is 0 Å². The Labute approximate surface area is 401 Å². The van der Waals surface area contributed by atoms with Crippen molar-refractivity contribution in [1.29, 1.82) is 0 Å². The molecule has 0 atom stereocenters. The van der Waals surface area contributed by atoms with Gasteiger partial charge in [0.25, 0.3) is 0 Å². The highest BCUT2D eigenvalue weighted by Gasteiger charge is 2.20. The second-order valence-electron chi connectivity index (χ2n) is 17.7. The molecule has 13 rings (SSSR count). The summed E-state index contributed by atoms with van der Waals surface area (Å²) in [6.45, 7) is 0. The molecule has 2 aromatic heterocycles. The number of para-hydroxylation sites is 3. The van der Waals surface area contributed by atoms with Crippen LogP contribution in [0.4, 0.5) is 17.1 Å². The zero-order valence-corrected chi connectivity index (χ0v) is 37.7. The van der Waals surface area contributed by atoms with Crippen LogP contribution in [0.5, 0.6) is 0 Å². The van der Waals surface area contributed by atoms with Gasteiger partial charge in [-0.05, 0) is 123 Å². The number of aromatic nitrogens is 1. The van der Waals surface area contributed by atoms with Crippen molar-refractivity contribution in [3.8, 4) is 61.3 Å². The van der Waals surface area contributed by atoms with Crippen molar-refractivity contribution < 1.29 is 4.42 Å². The molecule has 0 saturated heterocycles. The van der Waals surface area contributed by atoms with E-state index in [1.165, 1.54) is 49.6 Å². The Bertz CT molecular complexity index is 3910. The molecule has 324 valence electrons. The molecule has 0 saturated carbocycles. The second-order valence-corrected chi connectivity index (χ2v) is 17.7. The zero-order valence-electron chi connectivity index (χ0n) is 37.7. The summed E-state index contributed by atoms with van der Waals surface area (Å²) in [6, 6.07) is 95.9. The first-order chi connectivity index (χ1) is 34.2. The van der Waals surface area contributed by atoms with E-state index in [0.717, 1.165) is 72.5 Å². The van der Waals surface area contributed by atoms with Crippen LogP contribution in [0.2, 0.25) is 0 Å². The first-order valence-electron chi connectivity index (χ1n) is 23.6. The molecule has 0 bridgehead atoms. The lowest BCUT2D eigenvalue weighted by molar-refractivity contribution is 0.670. The summed E-state index contributed by atoms with van der Waals surface area (Å²) in [6.07, 6.45) is 0. The standard InChI is InChI=1S/C66H44N2O/c1-4-16-45(17-5-1)48-28-35-53(36-29-48)67(54-37-30-49(31-38-54)56-22-10-13-25-62(56)68-63-26-14-11-23-57(63)58-24-12-15-27-64(58)68)55-39-32-50(33-40-55)59-43-52(47-20-8-3-9-21-47)44-61-60-42-51(46-18-6-2-7-19-46)34-41-65(60)69-66(59)61/h1-44H. The fraction of sp³-hybridized carbons (Fsp3) is 0. The topological polar surface area (TPSA) is 21.3 Å².